The number of halogens is 1. The molecule has 2 N–H and O–H groups in total. The van der Waals surface area contributed by atoms with Gasteiger partial charge in [-0.2, -0.15) is 5.10 Å². The van der Waals surface area contributed by atoms with Crippen molar-refractivity contribution in [1.29, 1.82) is 0 Å². The number of rotatable bonds is 4. The Hall–Kier alpha value is -2.02. The van der Waals surface area contributed by atoms with Gasteiger partial charge in [0.15, 0.2) is 0 Å². The van der Waals surface area contributed by atoms with E-state index < -0.39 is 5.54 Å². The van der Waals surface area contributed by atoms with E-state index >= 15 is 0 Å². The van der Waals surface area contributed by atoms with Gasteiger partial charge in [-0.15, -0.1) is 0 Å². The molecule has 7 nitrogen and oxygen atoms in total. The molecule has 0 aliphatic heterocycles. The van der Waals surface area contributed by atoms with Gasteiger partial charge in [-0.25, -0.2) is 15.0 Å². The van der Waals surface area contributed by atoms with E-state index in [9.17, 15) is 4.79 Å². The van der Waals surface area contributed by atoms with Crippen LogP contribution in [0.1, 0.15) is 55.8 Å². The zero-order valence-electron chi connectivity index (χ0n) is 12.3. The number of nitrogens with one attached hydrogen (secondary N) is 2. The smallest absolute Gasteiger partial charge is 0.272 e. The first-order chi connectivity index (χ1) is 9.81. The van der Waals surface area contributed by atoms with Crippen LogP contribution in [-0.2, 0) is 5.54 Å². The number of H-pyrrole nitrogens is 1. The van der Waals surface area contributed by atoms with E-state index in [1.54, 1.807) is 0 Å². The van der Waals surface area contributed by atoms with E-state index in [0.717, 1.165) is 0 Å². The molecular formula is C13H17ClN6O. The Balaban J connectivity index is 2.26. The molecule has 2 rings (SSSR count). The van der Waals surface area contributed by atoms with Gasteiger partial charge in [0, 0.05) is 5.92 Å². The summed E-state index contributed by atoms with van der Waals surface area (Å²) in [6.07, 6.45) is 2.83. The lowest BCUT2D eigenvalue weighted by Gasteiger charge is -2.23. The van der Waals surface area contributed by atoms with Crippen molar-refractivity contribution in [3.8, 4) is 0 Å². The Labute approximate surface area is 127 Å². The first kappa shape index (κ1) is 15.4. The van der Waals surface area contributed by atoms with Crippen molar-refractivity contribution < 1.29 is 4.79 Å². The normalized spacial score (nSPS) is 11.7. The van der Waals surface area contributed by atoms with Crippen LogP contribution >= 0.6 is 11.6 Å². The van der Waals surface area contributed by atoms with Gasteiger partial charge in [0.05, 0.1) is 16.8 Å². The average molecular weight is 309 g/mol. The number of hydrogen-bond acceptors (Lipinski definition) is 5. The highest BCUT2D eigenvalue weighted by molar-refractivity contribution is 6.33. The molecule has 112 valence electrons. The van der Waals surface area contributed by atoms with E-state index in [0.29, 0.717) is 11.6 Å². The van der Waals surface area contributed by atoms with Crippen LogP contribution in [0.4, 0.5) is 0 Å². The maximum Gasteiger partial charge on any atom is 0.272 e. The van der Waals surface area contributed by atoms with Gasteiger partial charge < -0.3 is 5.32 Å². The van der Waals surface area contributed by atoms with E-state index in [-0.39, 0.29) is 22.5 Å². The number of carbonyl (C=O) groups excluding carboxylic acids is 1. The highest BCUT2D eigenvalue weighted by Gasteiger charge is 2.28. The van der Waals surface area contributed by atoms with Crippen LogP contribution in [0, 0.1) is 0 Å². The highest BCUT2D eigenvalue weighted by atomic mass is 35.5. The molecule has 0 spiro atoms. The fourth-order valence-electron chi connectivity index (χ4n) is 1.73. The molecule has 0 atom stereocenters. The molecule has 0 bridgehead atoms. The number of hydrogen-bond donors (Lipinski definition) is 2. The van der Waals surface area contributed by atoms with Crippen LogP contribution in [0.3, 0.4) is 0 Å². The van der Waals surface area contributed by atoms with Crippen molar-refractivity contribution in [1.82, 2.24) is 30.5 Å². The summed E-state index contributed by atoms with van der Waals surface area (Å²) in [7, 11) is 0. The lowest BCUT2D eigenvalue weighted by molar-refractivity contribution is 0.0903. The first-order valence-corrected chi connectivity index (χ1v) is 6.90. The van der Waals surface area contributed by atoms with Crippen LogP contribution in [0.5, 0.6) is 0 Å². The van der Waals surface area contributed by atoms with Crippen LogP contribution in [-0.4, -0.2) is 31.1 Å². The molecule has 0 saturated carbocycles. The van der Waals surface area contributed by atoms with Gasteiger partial charge in [-0.05, 0) is 13.8 Å². The molecule has 21 heavy (non-hydrogen) atoms. The number of nitrogens with zero attached hydrogens (tertiary/aromatic N) is 4. The number of aromatic nitrogens is 5. The molecule has 2 aromatic rings. The standard InChI is InChI=1S/C13H17ClN6O/c1-7(2)10-15-5-8(14)9(18-10)11(21)19-13(3,4)12-16-6-17-20-12/h5-7H,1-4H3,(H,19,21)(H,16,17,20). The minimum atomic E-state index is -0.722. The molecule has 0 fully saturated rings. The number of aromatic amines is 1. The predicted octanol–water partition coefficient (Wildman–Crippen LogP) is 2.04. The molecule has 0 aliphatic rings. The molecular weight excluding hydrogens is 292 g/mol. The summed E-state index contributed by atoms with van der Waals surface area (Å²) in [5.41, 5.74) is -0.567. The second-order valence-electron chi connectivity index (χ2n) is 5.49. The van der Waals surface area contributed by atoms with E-state index in [4.69, 9.17) is 11.6 Å². The second kappa shape index (κ2) is 5.77. The van der Waals surface area contributed by atoms with Crippen LogP contribution in [0.2, 0.25) is 5.02 Å². The summed E-state index contributed by atoms with van der Waals surface area (Å²) >= 11 is 6.03. The molecule has 1 amide bonds. The van der Waals surface area contributed by atoms with E-state index in [2.05, 4.69) is 30.5 Å². The SMILES string of the molecule is CC(C)c1ncc(Cl)c(C(=O)NC(C)(C)c2ncn[nH]2)n1. The molecule has 2 aromatic heterocycles. The first-order valence-electron chi connectivity index (χ1n) is 6.52. The van der Waals surface area contributed by atoms with Gasteiger partial charge in [-0.3, -0.25) is 9.89 Å². The predicted molar refractivity (Wildman–Crippen MR) is 78.0 cm³/mol. The molecule has 8 heteroatoms. The highest BCUT2D eigenvalue weighted by Crippen LogP contribution is 2.19. The lowest BCUT2D eigenvalue weighted by atomic mass is 10.0. The maximum absolute atomic E-state index is 12.4. The van der Waals surface area contributed by atoms with Crippen molar-refractivity contribution in [2.45, 2.75) is 39.2 Å². The van der Waals surface area contributed by atoms with Crippen molar-refractivity contribution in [2.24, 2.45) is 0 Å². The minimum Gasteiger partial charge on any atom is -0.338 e. The van der Waals surface area contributed by atoms with Gasteiger partial charge in [-0.1, -0.05) is 25.4 Å². The van der Waals surface area contributed by atoms with Crippen molar-refractivity contribution in [3.05, 3.63) is 34.9 Å². The molecule has 0 aromatic carbocycles. The van der Waals surface area contributed by atoms with Crippen molar-refractivity contribution in [3.63, 3.8) is 0 Å². The Kier molecular flexibility index (Phi) is 4.22. The van der Waals surface area contributed by atoms with Gasteiger partial charge in [0.25, 0.3) is 5.91 Å². The second-order valence-corrected chi connectivity index (χ2v) is 5.90. The third-order valence-electron chi connectivity index (χ3n) is 2.93. The fourth-order valence-corrected chi connectivity index (χ4v) is 1.90. The maximum atomic E-state index is 12.4. The minimum absolute atomic E-state index is 0.108. The zero-order valence-corrected chi connectivity index (χ0v) is 13.1. The fraction of sp³-hybridized carbons (Fsp3) is 0.462. The van der Waals surface area contributed by atoms with E-state index in [1.165, 1.54) is 12.5 Å². The molecule has 0 radical (unpaired) electrons. The molecule has 0 saturated heterocycles. The summed E-state index contributed by atoms with van der Waals surface area (Å²) in [5, 5.41) is 9.57. The number of carbonyl (C=O) groups is 1. The zero-order chi connectivity index (χ0) is 15.6. The van der Waals surface area contributed by atoms with Crippen molar-refractivity contribution in [2.75, 3.05) is 0 Å². The topological polar surface area (TPSA) is 96.5 Å². The quantitative estimate of drug-likeness (QED) is 0.901. The third kappa shape index (κ3) is 3.36. The summed E-state index contributed by atoms with van der Waals surface area (Å²) < 4.78 is 0. The van der Waals surface area contributed by atoms with Crippen LogP contribution < -0.4 is 5.32 Å². The monoisotopic (exact) mass is 308 g/mol. The Morgan fingerprint density at radius 2 is 2.10 bits per heavy atom. The largest absolute Gasteiger partial charge is 0.338 e. The van der Waals surface area contributed by atoms with E-state index in [1.807, 2.05) is 27.7 Å². The van der Waals surface area contributed by atoms with Crippen LogP contribution in [0.15, 0.2) is 12.5 Å². The summed E-state index contributed by atoms with van der Waals surface area (Å²) in [4.78, 5) is 24.8. The average Bonchev–Trinajstić information content (AvgIpc) is 2.92. The van der Waals surface area contributed by atoms with Crippen LogP contribution in [0.25, 0.3) is 0 Å². The lowest BCUT2D eigenvalue weighted by Crippen LogP contribution is -2.42. The van der Waals surface area contributed by atoms with Gasteiger partial charge in [0.2, 0.25) is 0 Å². The Morgan fingerprint density at radius 3 is 2.67 bits per heavy atom. The molecule has 0 unspecified atom stereocenters. The number of amides is 1. The van der Waals surface area contributed by atoms with Gasteiger partial charge >= 0.3 is 0 Å². The Morgan fingerprint density at radius 1 is 1.38 bits per heavy atom. The summed E-state index contributed by atoms with van der Waals surface area (Å²) in [6, 6.07) is 0. The van der Waals surface area contributed by atoms with Gasteiger partial charge in [0.1, 0.15) is 23.7 Å². The van der Waals surface area contributed by atoms with Crippen molar-refractivity contribution >= 4 is 17.5 Å². The summed E-state index contributed by atoms with van der Waals surface area (Å²) in [5.74, 6) is 0.842. The Bertz CT molecular complexity index is 638. The third-order valence-corrected chi connectivity index (χ3v) is 3.20. The molecule has 2 heterocycles. The molecule has 0 aliphatic carbocycles. The summed E-state index contributed by atoms with van der Waals surface area (Å²) in [6.45, 7) is 7.51.